The predicted octanol–water partition coefficient (Wildman–Crippen LogP) is 2.06. The fourth-order valence-electron chi connectivity index (χ4n) is 2.58. The number of rotatable bonds is 6. The van der Waals surface area contributed by atoms with E-state index in [9.17, 15) is 14.7 Å². The summed E-state index contributed by atoms with van der Waals surface area (Å²) >= 11 is 0. The SMILES string of the molecule is COCc1cc(NC(=O)Cc2c(C)nn(C)c2C)cc(C(=O)O)c1. The average molecular weight is 331 g/mol. The number of anilines is 1. The standard InChI is InChI=1S/C17H21N3O4/c1-10-15(11(2)20(3)19-10)8-16(21)18-14-6-12(9-24-4)5-13(7-14)17(22)23/h5-7H,8-9H2,1-4H3,(H,18,21)(H,22,23). The van der Waals surface area contributed by atoms with Gasteiger partial charge in [0.05, 0.1) is 24.3 Å². The molecule has 128 valence electrons. The molecule has 0 radical (unpaired) electrons. The van der Waals surface area contributed by atoms with Gasteiger partial charge in [0.1, 0.15) is 0 Å². The highest BCUT2D eigenvalue weighted by atomic mass is 16.5. The molecule has 1 aromatic carbocycles. The Hall–Kier alpha value is -2.67. The molecule has 0 saturated heterocycles. The van der Waals surface area contributed by atoms with Gasteiger partial charge in [0.25, 0.3) is 0 Å². The van der Waals surface area contributed by atoms with Crippen molar-refractivity contribution in [1.29, 1.82) is 0 Å². The number of nitrogens with zero attached hydrogens (tertiary/aromatic N) is 2. The number of methoxy groups -OCH3 is 1. The molecule has 1 amide bonds. The maximum Gasteiger partial charge on any atom is 0.335 e. The molecular formula is C17H21N3O4. The van der Waals surface area contributed by atoms with Crippen LogP contribution in [0.4, 0.5) is 5.69 Å². The van der Waals surface area contributed by atoms with Crippen LogP contribution >= 0.6 is 0 Å². The third-order valence-corrected chi connectivity index (χ3v) is 3.83. The molecule has 0 saturated carbocycles. The largest absolute Gasteiger partial charge is 0.478 e. The number of hydrogen-bond donors (Lipinski definition) is 2. The first kappa shape index (κ1) is 17.7. The van der Waals surface area contributed by atoms with E-state index in [0.717, 1.165) is 17.0 Å². The van der Waals surface area contributed by atoms with Crippen LogP contribution < -0.4 is 5.32 Å². The second kappa shape index (κ2) is 7.27. The van der Waals surface area contributed by atoms with Crippen LogP contribution in [-0.4, -0.2) is 33.9 Å². The monoisotopic (exact) mass is 331 g/mol. The number of hydrogen-bond acceptors (Lipinski definition) is 4. The van der Waals surface area contributed by atoms with Crippen molar-refractivity contribution in [2.45, 2.75) is 26.9 Å². The molecule has 0 unspecified atom stereocenters. The Labute approximate surface area is 140 Å². The van der Waals surface area contributed by atoms with Gasteiger partial charge in [-0.05, 0) is 37.6 Å². The van der Waals surface area contributed by atoms with Gasteiger partial charge in [0.15, 0.2) is 0 Å². The van der Waals surface area contributed by atoms with Gasteiger partial charge in [-0.3, -0.25) is 9.48 Å². The van der Waals surface area contributed by atoms with E-state index in [0.29, 0.717) is 11.3 Å². The molecule has 24 heavy (non-hydrogen) atoms. The van der Waals surface area contributed by atoms with Gasteiger partial charge in [0.2, 0.25) is 5.91 Å². The third kappa shape index (κ3) is 3.99. The lowest BCUT2D eigenvalue weighted by atomic mass is 10.1. The summed E-state index contributed by atoms with van der Waals surface area (Å²) in [5.74, 6) is -1.28. The van der Waals surface area contributed by atoms with E-state index in [4.69, 9.17) is 4.74 Å². The molecule has 0 aliphatic rings. The zero-order valence-corrected chi connectivity index (χ0v) is 14.2. The molecule has 0 spiro atoms. The number of benzene rings is 1. The molecule has 1 aromatic heterocycles. The molecule has 0 atom stereocenters. The van der Waals surface area contributed by atoms with Crippen LogP contribution in [0.25, 0.3) is 0 Å². The van der Waals surface area contributed by atoms with Crippen LogP contribution in [0.3, 0.4) is 0 Å². The summed E-state index contributed by atoms with van der Waals surface area (Å²) in [6, 6.07) is 4.66. The molecule has 7 heteroatoms. The maximum atomic E-state index is 12.3. The fraction of sp³-hybridized carbons (Fsp3) is 0.353. The van der Waals surface area contributed by atoms with Gasteiger partial charge < -0.3 is 15.2 Å². The summed E-state index contributed by atoms with van der Waals surface area (Å²) in [6.07, 6.45) is 0.183. The molecule has 0 aliphatic carbocycles. The second-order valence-electron chi connectivity index (χ2n) is 5.65. The summed E-state index contributed by atoms with van der Waals surface area (Å²) in [5, 5.41) is 16.2. The molecule has 1 heterocycles. The van der Waals surface area contributed by atoms with Crippen molar-refractivity contribution in [3.8, 4) is 0 Å². The number of aromatic carboxylic acids is 1. The van der Waals surface area contributed by atoms with E-state index in [-0.39, 0.29) is 24.5 Å². The van der Waals surface area contributed by atoms with Gasteiger partial charge in [-0.25, -0.2) is 4.79 Å². The van der Waals surface area contributed by atoms with Crippen LogP contribution in [0.5, 0.6) is 0 Å². The first-order valence-corrected chi connectivity index (χ1v) is 7.47. The molecule has 2 rings (SSSR count). The van der Waals surface area contributed by atoms with Gasteiger partial charge in [0, 0.05) is 31.1 Å². The summed E-state index contributed by atoms with van der Waals surface area (Å²) in [7, 11) is 3.36. The number of nitrogens with one attached hydrogen (secondary N) is 1. The number of carbonyl (C=O) groups is 2. The Morgan fingerprint density at radius 3 is 2.54 bits per heavy atom. The van der Waals surface area contributed by atoms with Crippen LogP contribution in [-0.2, 0) is 29.6 Å². The van der Waals surface area contributed by atoms with Crippen molar-refractivity contribution in [2.75, 3.05) is 12.4 Å². The Balaban J connectivity index is 2.20. The first-order valence-electron chi connectivity index (χ1n) is 7.47. The lowest BCUT2D eigenvalue weighted by molar-refractivity contribution is -0.115. The first-order chi connectivity index (χ1) is 11.3. The summed E-state index contributed by atoms with van der Waals surface area (Å²) in [4.78, 5) is 23.5. The highest BCUT2D eigenvalue weighted by Gasteiger charge is 2.15. The Morgan fingerprint density at radius 2 is 2.00 bits per heavy atom. The Kier molecular flexibility index (Phi) is 5.35. The minimum atomic E-state index is -1.05. The number of carboxylic acid groups (broad SMARTS) is 1. The van der Waals surface area contributed by atoms with Crippen LogP contribution in [0.1, 0.15) is 32.9 Å². The lowest BCUT2D eigenvalue weighted by Crippen LogP contribution is -2.16. The summed E-state index contributed by atoms with van der Waals surface area (Å²) in [6.45, 7) is 4.03. The number of ether oxygens (including phenoxy) is 1. The number of carboxylic acids is 1. The summed E-state index contributed by atoms with van der Waals surface area (Å²) in [5.41, 5.74) is 3.84. The molecule has 7 nitrogen and oxygen atoms in total. The van der Waals surface area contributed by atoms with Gasteiger partial charge in [-0.15, -0.1) is 0 Å². The van der Waals surface area contributed by atoms with Crippen LogP contribution in [0.15, 0.2) is 18.2 Å². The van der Waals surface area contributed by atoms with E-state index >= 15 is 0 Å². The molecular weight excluding hydrogens is 310 g/mol. The maximum absolute atomic E-state index is 12.3. The van der Waals surface area contributed by atoms with Crippen molar-refractivity contribution in [3.05, 3.63) is 46.3 Å². The van der Waals surface area contributed by atoms with E-state index in [1.165, 1.54) is 19.2 Å². The van der Waals surface area contributed by atoms with Crippen molar-refractivity contribution < 1.29 is 19.4 Å². The van der Waals surface area contributed by atoms with Crippen molar-refractivity contribution >= 4 is 17.6 Å². The molecule has 2 aromatic rings. The predicted molar refractivity (Wildman–Crippen MR) is 89.1 cm³/mol. The van der Waals surface area contributed by atoms with Crippen molar-refractivity contribution in [3.63, 3.8) is 0 Å². The quantitative estimate of drug-likeness (QED) is 0.845. The second-order valence-corrected chi connectivity index (χ2v) is 5.65. The number of amides is 1. The topological polar surface area (TPSA) is 93.5 Å². The van der Waals surface area contributed by atoms with Gasteiger partial charge >= 0.3 is 5.97 Å². The Bertz CT molecular complexity index is 780. The minimum Gasteiger partial charge on any atom is -0.478 e. The summed E-state index contributed by atoms with van der Waals surface area (Å²) < 4.78 is 6.77. The highest BCUT2D eigenvalue weighted by molar-refractivity contribution is 5.95. The van der Waals surface area contributed by atoms with Crippen molar-refractivity contribution in [1.82, 2.24) is 9.78 Å². The lowest BCUT2D eigenvalue weighted by Gasteiger charge is -2.09. The highest BCUT2D eigenvalue weighted by Crippen LogP contribution is 2.18. The van der Waals surface area contributed by atoms with E-state index in [2.05, 4.69) is 10.4 Å². The number of carbonyl (C=O) groups excluding carboxylic acids is 1. The molecule has 0 aliphatic heterocycles. The van der Waals surface area contributed by atoms with E-state index in [1.54, 1.807) is 10.7 Å². The third-order valence-electron chi connectivity index (χ3n) is 3.83. The zero-order chi connectivity index (χ0) is 17.9. The smallest absolute Gasteiger partial charge is 0.335 e. The van der Waals surface area contributed by atoms with E-state index in [1.807, 2.05) is 20.9 Å². The normalized spacial score (nSPS) is 10.7. The van der Waals surface area contributed by atoms with Crippen LogP contribution in [0.2, 0.25) is 0 Å². The van der Waals surface area contributed by atoms with Gasteiger partial charge in [-0.1, -0.05) is 0 Å². The average Bonchev–Trinajstić information content (AvgIpc) is 2.73. The minimum absolute atomic E-state index is 0.105. The molecule has 0 bridgehead atoms. The van der Waals surface area contributed by atoms with Gasteiger partial charge in [-0.2, -0.15) is 5.10 Å². The van der Waals surface area contributed by atoms with Crippen LogP contribution in [0, 0.1) is 13.8 Å². The zero-order valence-electron chi connectivity index (χ0n) is 14.2. The Morgan fingerprint density at radius 1 is 1.29 bits per heavy atom. The van der Waals surface area contributed by atoms with E-state index < -0.39 is 5.97 Å². The number of aryl methyl sites for hydroxylation is 2. The molecule has 0 fully saturated rings. The number of aromatic nitrogens is 2. The molecule has 2 N–H and O–H groups in total. The van der Waals surface area contributed by atoms with Crippen molar-refractivity contribution in [2.24, 2.45) is 7.05 Å². The fourth-order valence-corrected chi connectivity index (χ4v) is 2.58.